The maximum absolute atomic E-state index is 13.2. The van der Waals surface area contributed by atoms with E-state index in [-0.39, 0.29) is 11.6 Å². The lowest BCUT2D eigenvalue weighted by molar-refractivity contribution is -0.129. The van der Waals surface area contributed by atoms with E-state index in [1.807, 2.05) is 24.3 Å². The summed E-state index contributed by atoms with van der Waals surface area (Å²) in [4.78, 5) is 16.0. The van der Waals surface area contributed by atoms with Gasteiger partial charge in [0.05, 0.1) is 0 Å². The molecular formula is C16H9FINO2. The highest BCUT2D eigenvalue weighted by Crippen LogP contribution is 2.21. The SMILES string of the molecule is O=C1OC(c2cccc(F)c2)=NC1=Cc1ccccc1I. The lowest BCUT2D eigenvalue weighted by atomic mass is 10.2. The maximum atomic E-state index is 13.2. The summed E-state index contributed by atoms with van der Waals surface area (Å²) in [6.45, 7) is 0. The molecule has 0 aliphatic carbocycles. The fraction of sp³-hybridized carbons (Fsp3) is 0. The van der Waals surface area contributed by atoms with Crippen molar-refractivity contribution in [2.45, 2.75) is 0 Å². The fourth-order valence-corrected chi connectivity index (χ4v) is 2.44. The van der Waals surface area contributed by atoms with Crippen LogP contribution in [-0.4, -0.2) is 11.9 Å². The minimum atomic E-state index is -0.533. The Morgan fingerprint density at radius 2 is 1.95 bits per heavy atom. The van der Waals surface area contributed by atoms with Crippen molar-refractivity contribution in [2.75, 3.05) is 0 Å². The molecule has 5 heteroatoms. The van der Waals surface area contributed by atoms with Crippen LogP contribution in [0.25, 0.3) is 6.08 Å². The van der Waals surface area contributed by atoms with Gasteiger partial charge in [0.25, 0.3) is 0 Å². The number of esters is 1. The highest BCUT2D eigenvalue weighted by Gasteiger charge is 2.24. The second kappa shape index (κ2) is 5.77. The molecule has 0 spiro atoms. The molecule has 3 nitrogen and oxygen atoms in total. The summed E-state index contributed by atoms with van der Waals surface area (Å²) in [7, 11) is 0. The molecule has 0 N–H and O–H groups in total. The lowest BCUT2D eigenvalue weighted by Crippen LogP contribution is -2.05. The molecule has 104 valence electrons. The van der Waals surface area contributed by atoms with Gasteiger partial charge in [0.1, 0.15) is 5.82 Å². The number of hydrogen-bond acceptors (Lipinski definition) is 3. The van der Waals surface area contributed by atoms with E-state index in [4.69, 9.17) is 4.74 Å². The number of aliphatic imine (C=N–C) groups is 1. The van der Waals surface area contributed by atoms with Gasteiger partial charge in [-0.15, -0.1) is 0 Å². The first kappa shape index (κ1) is 13.9. The third-order valence-electron chi connectivity index (χ3n) is 2.89. The third-order valence-corrected chi connectivity index (χ3v) is 3.87. The molecule has 3 rings (SSSR count). The van der Waals surface area contributed by atoms with Gasteiger partial charge in [0.15, 0.2) is 5.70 Å². The average Bonchev–Trinajstić information content (AvgIpc) is 2.83. The normalized spacial score (nSPS) is 16.0. The Morgan fingerprint density at radius 1 is 1.14 bits per heavy atom. The Hall–Kier alpha value is -2.02. The molecule has 2 aromatic carbocycles. The summed E-state index contributed by atoms with van der Waals surface area (Å²) in [5.74, 6) is -0.813. The van der Waals surface area contributed by atoms with E-state index < -0.39 is 11.8 Å². The summed E-state index contributed by atoms with van der Waals surface area (Å²) in [6.07, 6.45) is 1.66. The van der Waals surface area contributed by atoms with Crippen LogP contribution in [-0.2, 0) is 9.53 Å². The summed E-state index contributed by atoms with van der Waals surface area (Å²) in [5.41, 5.74) is 1.53. The highest BCUT2D eigenvalue weighted by molar-refractivity contribution is 14.1. The topological polar surface area (TPSA) is 38.7 Å². The van der Waals surface area contributed by atoms with Gasteiger partial charge in [0.2, 0.25) is 5.90 Å². The smallest absolute Gasteiger partial charge is 0.363 e. The number of carbonyl (C=O) groups excluding carboxylic acids is 1. The highest BCUT2D eigenvalue weighted by atomic mass is 127. The Labute approximate surface area is 134 Å². The number of halogens is 2. The van der Waals surface area contributed by atoms with Crippen molar-refractivity contribution in [3.63, 3.8) is 0 Å². The van der Waals surface area contributed by atoms with Crippen molar-refractivity contribution < 1.29 is 13.9 Å². The van der Waals surface area contributed by atoms with Crippen LogP contribution in [0.3, 0.4) is 0 Å². The van der Waals surface area contributed by atoms with Gasteiger partial charge in [-0.2, -0.15) is 0 Å². The maximum Gasteiger partial charge on any atom is 0.363 e. The standard InChI is InChI=1S/C16H9FINO2/c17-12-6-3-5-11(8-12)15-19-14(16(20)21-15)9-10-4-1-2-7-13(10)18/h1-9H. The van der Waals surface area contributed by atoms with Gasteiger partial charge in [-0.1, -0.05) is 24.3 Å². The first-order chi connectivity index (χ1) is 10.1. The molecule has 1 heterocycles. The Morgan fingerprint density at radius 3 is 2.71 bits per heavy atom. The van der Waals surface area contributed by atoms with Crippen molar-refractivity contribution in [3.05, 3.63) is 74.7 Å². The molecule has 0 aromatic heterocycles. The van der Waals surface area contributed by atoms with Gasteiger partial charge in [-0.3, -0.25) is 0 Å². The van der Waals surface area contributed by atoms with Crippen molar-refractivity contribution >= 4 is 40.5 Å². The number of cyclic esters (lactones) is 1. The Kier molecular flexibility index (Phi) is 3.83. The number of rotatable bonds is 2. The summed E-state index contributed by atoms with van der Waals surface area (Å²) >= 11 is 2.18. The number of benzene rings is 2. The second-order valence-electron chi connectivity index (χ2n) is 4.37. The molecule has 21 heavy (non-hydrogen) atoms. The van der Waals surface area contributed by atoms with Crippen LogP contribution in [0.4, 0.5) is 4.39 Å². The van der Waals surface area contributed by atoms with Crippen molar-refractivity contribution in [1.29, 1.82) is 0 Å². The van der Waals surface area contributed by atoms with Crippen molar-refractivity contribution in [2.24, 2.45) is 4.99 Å². The fourth-order valence-electron chi connectivity index (χ4n) is 1.89. The number of ether oxygens (including phenoxy) is 1. The average molecular weight is 393 g/mol. The van der Waals surface area contributed by atoms with E-state index in [9.17, 15) is 9.18 Å². The Balaban J connectivity index is 1.98. The lowest BCUT2D eigenvalue weighted by Gasteiger charge is -1.98. The first-order valence-electron chi connectivity index (χ1n) is 6.16. The molecule has 1 aliphatic heterocycles. The number of nitrogens with zero attached hydrogens (tertiary/aromatic N) is 1. The zero-order valence-corrected chi connectivity index (χ0v) is 12.9. The minimum Gasteiger partial charge on any atom is -0.402 e. The summed E-state index contributed by atoms with van der Waals surface area (Å²) in [5, 5.41) is 0. The molecule has 0 saturated carbocycles. The molecular weight excluding hydrogens is 384 g/mol. The molecule has 0 saturated heterocycles. The zero-order valence-electron chi connectivity index (χ0n) is 10.7. The van der Waals surface area contributed by atoms with Crippen molar-refractivity contribution in [1.82, 2.24) is 0 Å². The molecule has 1 aliphatic rings. The molecule has 0 radical (unpaired) electrons. The number of carbonyl (C=O) groups is 1. The molecule has 0 amide bonds. The van der Waals surface area contributed by atoms with Gasteiger partial charge < -0.3 is 4.74 Å². The minimum absolute atomic E-state index is 0.122. The van der Waals surface area contributed by atoms with Gasteiger partial charge in [-0.25, -0.2) is 14.2 Å². The predicted molar refractivity (Wildman–Crippen MR) is 86.2 cm³/mol. The first-order valence-corrected chi connectivity index (χ1v) is 7.24. The predicted octanol–water partition coefficient (Wildman–Crippen LogP) is 3.77. The van der Waals surface area contributed by atoms with Gasteiger partial charge >= 0.3 is 5.97 Å². The van der Waals surface area contributed by atoms with E-state index >= 15 is 0 Å². The molecule has 0 unspecified atom stereocenters. The van der Waals surface area contributed by atoms with Gasteiger partial charge in [-0.05, 0) is 58.5 Å². The summed E-state index contributed by atoms with van der Waals surface area (Å²) < 4.78 is 19.3. The van der Waals surface area contributed by atoms with E-state index in [1.54, 1.807) is 18.2 Å². The monoisotopic (exact) mass is 393 g/mol. The van der Waals surface area contributed by atoms with Crippen LogP contribution >= 0.6 is 22.6 Å². The van der Waals surface area contributed by atoms with Crippen LogP contribution < -0.4 is 0 Å². The van der Waals surface area contributed by atoms with Crippen LogP contribution in [0.2, 0.25) is 0 Å². The molecule has 0 fully saturated rings. The van der Waals surface area contributed by atoms with E-state index in [0.717, 1.165) is 9.13 Å². The zero-order chi connectivity index (χ0) is 14.8. The molecule has 0 atom stereocenters. The largest absolute Gasteiger partial charge is 0.402 e. The van der Waals surface area contributed by atoms with E-state index in [2.05, 4.69) is 27.6 Å². The third kappa shape index (κ3) is 3.02. The molecule has 2 aromatic rings. The van der Waals surface area contributed by atoms with Crippen LogP contribution in [0.15, 0.2) is 59.2 Å². The van der Waals surface area contributed by atoms with Crippen LogP contribution in [0.1, 0.15) is 11.1 Å². The Bertz CT molecular complexity index is 783. The van der Waals surface area contributed by atoms with Crippen LogP contribution in [0.5, 0.6) is 0 Å². The van der Waals surface area contributed by atoms with Crippen LogP contribution in [0, 0.1) is 9.39 Å². The number of hydrogen-bond donors (Lipinski definition) is 0. The second-order valence-corrected chi connectivity index (χ2v) is 5.53. The van der Waals surface area contributed by atoms with E-state index in [1.165, 1.54) is 12.1 Å². The summed E-state index contributed by atoms with van der Waals surface area (Å²) in [6, 6.07) is 13.4. The van der Waals surface area contributed by atoms with E-state index in [0.29, 0.717) is 5.56 Å². The van der Waals surface area contributed by atoms with Gasteiger partial charge in [0, 0.05) is 9.13 Å². The quantitative estimate of drug-likeness (QED) is 0.443. The molecule has 0 bridgehead atoms. The van der Waals surface area contributed by atoms with Crippen molar-refractivity contribution in [3.8, 4) is 0 Å².